The first-order chi connectivity index (χ1) is 6.43. The second-order valence-corrected chi connectivity index (χ2v) is 2.33. The summed E-state index contributed by atoms with van der Waals surface area (Å²) in [4.78, 5) is 11.8. The van der Waals surface area contributed by atoms with Gasteiger partial charge < -0.3 is 15.8 Å². The molecule has 0 spiro atoms. The van der Waals surface area contributed by atoms with Crippen LogP contribution in [0.15, 0.2) is 6.07 Å². The monoisotopic (exact) mass is 207 g/mol. The lowest BCUT2D eigenvalue weighted by Crippen LogP contribution is -2.04. The van der Waals surface area contributed by atoms with Gasteiger partial charge in [-0.3, -0.25) is 0 Å². The summed E-state index contributed by atoms with van der Waals surface area (Å²) in [5.41, 5.74) is 3.39. The zero-order chi connectivity index (χ0) is 10.9. The van der Waals surface area contributed by atoms with E-state index in [0.717, 1.165) is 0 Å². The molecule has 5 nitrogen and oxygen atoms in total. The van der Waals surface area contributed by atoms with Crippen LogP contribution < -0.4 is 5.73 Å². The first kappa shape index (κ1) is 10.2. The van der Waals surface area contributed by atoms with Crippen molar-refractivity contribution in [3.05, 3.63) is 27.7 Å². The Morgan fingerprint density at radius 2 is 2.14 bits per heavy atom. The van der Waals surface area contributed by atoms with E-state index in [4.69, 9.17) is 5.73 Å². The van der Waals surface area contributed by atoms with E-state index in [2.05, 4.69) is 4.98 Å². The number of nitro groups is 1. The first-order valence-electron chi connectivity index (χ1n) is 3.32. The second kappa shape index (κ2) is 3.48. The zero-order valence-electron chi connectivity index (χ0n) is 6.58. The summed E-state index contributed by atoms with van der Waals surface area (Å²) in [6.07, 6.45) is -3.07. The number of nitrogens with two attached hydrogens (primary N) is 1. The number of rotatable bonds is 2. The van der Waals surface area contributed by atoms with Crippen LogP contribution in [0.4, 0.5) is 24.7 Å². The highest BCUT2D eigenvalue weighted by Gasteiger charge is 2.26. The SMILES string of the molecule is Nc1cc(F)c([N+](=O)[O-])nc1C(F)F. The van der Waals surface area contributed by atoms with Gasteiger partial charge in [0, 0.05) is 6.07 Å². The fourth-order valence-electron chi connectivity index (χ4n) is 0.810. The Kier molecular flexibility index (Phi) is 2.54. The van der Waals surface area contributed by atoms with Gasteiger partial charge in [0.25, 0.3) is 0 Å². The number of alkyl halides is 2. The molecule has 0 saturated carbocycles. The Balaban J connectivity index is 3.34. The summed E-state index contributed by atoms with van der Waals surface area (Å²) >= 11 is 0. The highest BCUT2D eigenvalue weighted by atomic mass is 19.3. The smallest absolute Gasteiger partial charge is 0.395 e. The van der Waals surface area contributed by atoms with Crippen molar-refractivity contribution >= 4 is 11.5 Å². The van der Waals surface area contributed by atoms with Gasteiger partial charge in [-0.05, 0) is 9.91 Å². The summed E-state index contributed by atoms with van der Waals surface area (Å²) in [5.74, 6) is -2.59. The molecule has 0 aliphatic carbocycles. The molecule has 1 aromatic heterocycles. The summed E-state index contributed by atoms with van der Waals surface area (Å²) in [6, 6.07) is 0.451. The van der Waals surface area contributed by atoms with Crippen molar-refractivity contribution in [2.75, 3.05) is 5.73 Å². The lowest BCUT2D eigenvalue weighted by atomic mass is 10.3. The van der Waals surface area contributed by atoms with Gasteiger partial charge in [-0.2, -0.15) is 4.39 Å². The maximum absolute atomic E-state index is 12.7. The lowest BCUT2D eigenvalue weighted by Gasteiger charge is -2.00. The van der Waals surface area contributed by atoms with Crippen LogP contribution in [0.2, 0.25) is 0 Å². The second-order valence-electron chi connectivity index (χ2n) is 2.33. The van der Waals surface area contributed by atoms with Gasteiger partial charge in [0.1, 0.15) is 0 Å². The molecule has 0 atom stereocenters. The van der Waals surface area contributed by atoms with Crippen molar-refractivity contribution in [3.63, 3.8) is 0 Å². The van der Waals surface area contributed by atoms with Crippen molar-refractivity contribution in [2.45, 2.75) is 6.43 Å². The molecule has 0 bridgehead atoms. The minimum absolute atomic E-state index is 0.451. The third-order valence-electron chi connectivity index (χ3n) is 1.40. The average molecular weight is 207 g/mol. The lowest BCUT2D eigenvalue weighted by molar-refractivity contribution is -0.392. The number of hydrogen-bond donors (Lipinski definition) is 1. The zero-order valence-corrected chi connectivity index (χ0v) is 6.58. The van der Waals surface area contributed by atoms with E-state index < -0.39 is 34.4 Å². The summed E-state index contributed by atoms with van der Waals surface area (Å²) in [7, 11) is 0. The molecule has 0 aliphatic rings. The van der Waals surface area contributed by atoms with E-state index >= 15 is 0 Å². The molecular formula is C6H4F3N3O2. The van der Waals surface area contributed by atoms with E-state index in [1.807, 2.05) is 0 Å². The number of nitrogen functional groups attached to an aromatic ring is 1. The highest BCUT2D eigenvalue weighted by molar-refractivity contribution is 5.47. The van der Waals surface area contributed by atoms with Crippen LogP contribution >= 0.6 is 0 Å². The van der Waals surface area contributed by atoms with Gasteiger partial charge in [-0.25, -0.2) is 8.78 Å². The normalized spacial score (nSPS) is 10.6. The highest BCUT2D eigenvalue weighted by Crippen LogP contribution is 2.27. The van der Waals surface area contributed by atoms with E-state index in [1.165, 1.54) is 0 Å². The molecular weight excluding hydrogens is 203 g/mol. The molecule has 0 aliphatic heterocycles. The molecule has 0 amide bonds. The van der Waals surface area contributed by atoms with E-state index in [1.54, 1.807) is 0 Å². The van der Waals surface area contributed by atoms with E-state index in [-0.39, 0.29) is 0 Å². The van der Waals surface area contributed by atoms with Crippen LogP contribution in [0.25, 0.3) is 0 Å². The molecule has 0 unspecified atom stereocenters. The Labute approximate surface area is 75.5 Å². The van der Waals surface area contributed by atoms with Gasteiger partial charge in [0.2, 0.25) is 11.5 Å². The largest absolute Gasteiger partial charge is 0.400 e. The number of anilines is 1. The van der Waals surface area contributed by atoms with Crippen LogP contribution in [0.5, 0.6) is 0 Å². The number of halogens is 3. The number of pyridine rings is 1. The average Bonchev–Trinajstić information content (AvgIpc) is 2.02. The Hall–Kier alpha value is -1.86. The number of hydrogen-bond acceptors (Lipinski definition) is 4. The van der Waals surface area contributed by atoms with Crippen LogP contribution in [-0.4, -0.2) is 9.91 Å². The molecule has 1 rings (SSSR count). The van der Waals surface area contributed by atoms with Crippen LogP contribution in [0.3, 0.4) is 0 Å². The maximum atomic E-state index is 12.7. The van der Waals surface area contributed by atoms with E-state index in [0.29, 0.717) is 6.07 Å². The predicted octanol–water partition coefficient (Wildman–Crippen LogP) is 1.65. The molecule has 8 heteroatoms. The summed E-state index contributed by atoms with van der Waals surface area (Å²) < 4.78 is 36.9. The van der Waals surface area contributed by atoms with Crippen molar-refractivity contribution in [3.8, 4) is 0 Å². The molecule has 14 heavy (non-hydrogen) atoms. The standard InChI is InChI=1S/C6H4F3N3O2/c7-2-1-3(10)4(5(8)9)11-6(2)12(13)14/h1,5H,10H2. The quantitative estimate of drug-likeness (QED) is 0.590. The molecule has 76 valence electrons. The van der Waals surface area contributed by atoms with Crippen molar-refractivity contribution in [1.82, 2.24) is 4.98 Å². The predicted molar refractivity (Wildman–Crippen MR) is 40.2 cm³/mol. The fraction of sp³-hybridized carbons (Fsp3) is 0.167. The van der Waals surface area contributed by atoms with Gasteiger partial charge in [-0.1, -0.05) is 0 Å². The topological polar surface area (TPSA) is 82.0 Å². The minimum atomic E-state index is -3.07. The third-order valence-corrected chi connectivity index (χ3v) is 1.40. The van der Waals surface area contributed by atoms with Crippen molar-refractivity contribution in [1.29, 1.82) is 0 Å². The third kappa shape index (κ3) is 1.73. The van der Waals surface area contributed by atoms with Crippen LogP contribution in [-0.2, 0) is 0 Å². The Morgan fingerprint density at radius 3 is 2.57 bits per heavy atom. The number of nitrogens with zero attached hydrogens (tertiary/aromatic N) is 2. The molecule has 1 heterocycles. The molecule has 2 N–H and O–H groups in total. The Bertz CT molecular complexity index is 383. The number of aromatic nitrogens is 1. The van der Waals surface area contributed by atoms with Gasteiger partial charge in [0.05, 0.1) is 5.69 Å². The molecule has 0 radical (unpaired) electrons. The van der Waals surface area contributed by atoms with Gasteiger partial charge in [-0.15, -0.1) is 0 Å². The van der Waals surface area contributed by atoms with Gasteiger partial charge in [0.15, 0.2) is 0 Å². The Morgan fingerprint density at radius 1 is 1.57 bits per heavy atom. The maximum Gasteiger partial charge on any atom is 0.400 e. The van der Waals surface area contributed by atoms with Crippen molar-refractivity contribution in [2.24, 2.45) is 0 Å². The minimum Gasteiger partial charge on any atom is -0.395 e. The van der Waals surface area contributed by atoms with Crippen LogP contribution in [0, 0.1) is 15.9 Å². The summed E-state index contributed by atoms with van der Waals surface area (Å²) in [5, 5.41) is 10.1. The molecule has 0 saturated heterocycles. The first-order valence-corrected chi connectivity index (χ1v) is 3.32. The fourth-order valence-corrected chi connectivity index (χ4v) is 0.810. The molecule has 0 fully saturated rings. The van der Waals surface area contributed by atoms with Crippen molar-refractivity contribution < 1.29 is 18.1 Å². The van der Waals surface area contributed by atoms with Gasteiger partial charge >= 0.3 is 12.2 Å². The molecule has 0 aromatic carbocycles. The van der Waals surface area contributed by atoms with E-state index in [9.17, 15) is 23.3 Å². The summed E-state index contributed by atoms with van der Waals surface area (Å²) in [6.45, 7) is 0. The molecule has 1 aromatic rings. The van der Waals surface area contributed by atoms with Crippen LogP contribution in [0.1, 0.15) is 12.1 Å².